The van der Waals surface area contributed by atoms with E-state index in [1.54, 1.807) is 37.6 Å². The normalized spacial score (nSPS) is 10.9. The lowest BCUT2D eigenvalue weighted by atomic mass is 10.1. The third-order valence-corrected chi connectivity index (χ3v) is 4.72. The van der Waals surface area contributed by atoms with Gasteiger partial charge in [-0.15, -0.1) is 0 Å². The minimum absolute atomic E-state index is 0.319. The number of carbonyl (C=O) groups is 1. The molecule has 0 aliphatic rings. The molecule has 0 aliphatic carbocycles. The number of methoxy groups -OCH3 is 1. The van der Waals surface area contributed by atoms with E-state index in [2.05, 4.69) is 17.5 Å². The molecular weight excluding hydrogens is 378 g/mol. The number of benzene rings is 2. The topological polar surface area (TPSA) is 85.9 Å². The Hall–Kier alpha value is -3.02. The van der Waals surface area contributed by atoms with Crippen molar-refractivity contribution < 1.29 is 14.3 Å². The van der Waals surface area contributed by atoms with Crippen LogP contribution in [0.2, 0.25) is 0 Å². The highest BCUT2D eigenvalue weighted by molar-refractivity contribution is 5.95. The van der Waals surface area contributed by atoms with Crippen LogP contribution in [0.5, 0.6) is 11.5 Å². The highest BCUT2D eigenvalue weighted by atomic mass is 16.5. The Balaban J connectivity index is 1.80. The molecule has 30 heavy (non-hydrogen) atoms. The van der Waals surface area contributed by atoms with Gasteiger partial charge in [-0.3, -0.25) is 4.79 Å². The minimum Gasteiger partial charge on any atom is -0.493 e. The van der Waals surface area contributed by atoms with Crippen LogP contribution in [0.15, 0.2) is 47.6 Å². The van der Waals surface area contributed by atoms with Gasteiger partial charge in [-0.05, 0) is 48.4 Å². The number of nitrogens with two attached hydrogens (primary N) is 1. The van der Waals surface area contributed by atoms with E-state index in [1.807, 2.05) is 18.2 Å². The molecule has 1 amide bonds. The summed E-state index contributed by atoms with van der Waals surface area (Å²) in [6.07, 6.45) is 10.3. The van der Waals surface area contributed by atoms with Crippen LogP contribution in [0.4, 0.5) is 5.69 Å². The largest absolute Gasteiger partial charge is 0.493 e. The number of hydrogen-bond acceptors (Lipinski definition) is 5. The highest BCUT2D eigenvalue weighted by Crippen LogP contribution is 2.27. The fourth-order valence-electron chi connectivity index (χ4n) is 3.03. The van der Waals surface area contributed by atoms with E-state index >= 15 is 0 Å². The number of unbranched alkanes of at least 4 members (excludes halogenated alkanes) is 6. The zero-order chi connectivity index (χ0) is 21.6. The van der Waals surface area contributed by atoms with Gasteiger partial charge in [0.2, 0.25) is 0 Å². The number of carbonyl (C=O) groups excluding carboxylic acids is 1. The molecule has 0 heterocycles. The molecule has 2 aromatic rings. The van der Waals surface area contributed by atoms with Crippen LogP contribution in [0, 0.1) is 0 Å². The van der Waals surface area contributed by atoms with Crippen molar-refractivity contribution in [2.45, 2.75) is 51.9 Å². The molecule has 6 nitrogen and oxygen atoms in total. The first-order valence-corrected chi connectivity index (χ1v) is 10.6. The number of nitrogens with zero attached hydrogens (tertiary/aromatic N) is 1. The quantitative estimate of drug-likeness (QED) is 0.206. The van der Waals surface area contributed by atoms with E-state index in [4.69, 9.17) is 15.2 Å². The van der Waals surface area contributed by atoms with E-state index in [1.165, 1.54) is 38.5 Å². The number of hydrazone groups is 1. The van der Waals surface area contributed by atoms with E-state index in [0.717, 1.165) is 12.0 Å². The molecule has 2 aromatic carbocycles. The summed E-state index contributed by atoms with van der Waals surface area (Å²) in [5.41, 5.74) is 9.97. The standard InChI is InChI=1S/C24H33N3O3/c1-3-4-5-6-7-8-9-15-30-22-14-13-19(16-23(22)29-2)18-26-27-24(28)20-11-10-12-21(25)17-20/h10-14,16-18H,3-9,15,25H2,1-2H3,(H,27,28)/b26-18-. The number of hydrogen-bond donors (Lipinski definition) is 2. The SMILES string of the molecule is CCCCCCCCCOc1ccc(/C=N\NC(=O)c2cccc(N)c2)cc1OC. The van der Waals surface area contributed by atoms with Gasteiger partial charge < -0.3 is 15.2 Å². The Morgan fingerprint density at radius 1 is 1.03 bits per heavy atom. The second-order valence-electron chi connectivity index (χ2n) is 7.20. The van der Waals surface area contributed by atoms with Gasteiger partial charge in [0.15, 0.2) is 11.5 Å². The maximum Gasteiger partial charge on any atom is 0.271 e. The van der Waals surface area contributed by atoms with Crippen molar-refractivity contribution in [3.8, 4) is 11.5 Å². The molecule has 0 saturated heterocycles. The van der Waals surface area contributed by atoms with E-state index in [0.29, 0.717) is 29.4 Å². The van der Waals surface area contributed by atoms with Gasteiger partial charge in [-0.2, -0.15) is 5.10 Å². The summed E-state index contributed by atoms with van der Waals surface area (Å²) in [5, 5.41) is 4.01. The Morgan fingerprint density at radius 2 is 1.80 bits per heavy atom. The monoisotopic (exact) mass is 411 g/mol. The highest BCUT2D eigenvalue weighted by Gasteiger charge is 2.06. The van der Waals surface area contributed by atoms with Crippen LogP contribution >= 0.6 is 0 Å². The first kappa shape index (κ1) is 23.3. The average molecular weight is 412 g/mol. The zero-order valence-electron chi connectivity index (χ0n) is 18.0. The maximum atomic E-state index is 12.1. The summed E-state index contributed by atoms with van der Waals surface area (Å²) in [6.45, 7) is 2.91. The summed E-state index contributed by atoms with van der Waals surface area (Å²) in [7, 11) is 1.61. The summed E-state index contributed by atoms with van der Waals surface area (Å²) < 4.78 is 11.3. The summed E-state index contributed by atoms with van der Waals surface area (Å²) >= 11 is 0. The third kappa shape index (κ3) is 8.15. The third-order valence-electron chi connectivity index (χ3n) is 4.72. The molecule has 0 saturated carbocycles. The predicted octanol–water partition coefficient (Wildman–Crippen LogP) is 5.17. The molecule has 6 heteroatoms. The molecule has 0 radical (unpaired) electrons. The lowest BCUT2D eigenvalue weighted by Gasteiger charge is -2.11. The number of amides is 1. The van der Waals surface area contributed by atoms with Crippen LogP contribution in [0.1, 0.15) is 67.8 Å². The Labute approximate surface area is 179 Å². The minimum atomic E-state index is -0.319. The number of rotatable bonds is 13. The first-order valence-electron chi connectivity index (χ1n) is 10.6. The molecule has 3 N–H and O–H groups in total. The van der Waals surface area contributed by atoms with E-state index in [-0.39, 0.29) is 5.91 Å². The lowest BCUT2D eigenvalue weighted by molar-refractivity contribution is 0.0955. The molecule has 0 aliphatic heterocycles. The van der Waals surface area contributed by atoms with Crippen LogP contribution in [0.25, 0.3) is 0 Å². The smallest absolute Gasteiger partial charge is 0.271 e. The maximum absolute atomic E-state index is 12.1. The van der Waals surface area contributed by atoms with Crippen molar-refractivity contribution >= 4 is 17.8 Å². The molecule has 0 spiro atoms. The Morgan fingerprint density at radius 3 is 2.53 bits per heavy atom. The fourth-order valence-corrected chi connectivity index (χ4v) is 3.03. The molecule has 0 unspecified atom stereocenters. The van der Waals surface area contributed by atoms with Crippen molar-refractivity contribution in [2.75, 3.05) is 19.5 Å². The van der Waals surface area contributed by atoms with Crippen LogP contribution in [-0.4, -0.2) is 25.8 Å². The van der Waals surface area contributed by atoms with Crippen molar-refractivity contribution in [3.63, 3.8) is 0 Å². The summed E-state index contributed by atoms with van der Waals surface area (Å²) in [4.78, 5) is 12.1. The van der Waals surface area contributed by atoms with E-state index < -0.39 is 0 Å². The molecule has 162 valence electrons. The van der Waals surface area contributed by atoms with Gasteiger partial charge >= 0.3 is 0 Å². The zero-order valence-corrected chi connectivity index (χ0v) is 18.0. The van der Waals surface area contributed by atoms with E-state index in [9.17, 15) is 4.79 Å². The number of nitrogen functional groups attached to an aromatic ring is 1. The first-order chi connectivity index (χ1) is 14.6. The van der Waals surface area contributed by atoms with Crippen LogP contribution in [-0.2, 0) is 0 Å². The van der Waals surface area contributed by atoms with Crippen LogP contribution < -0.4 is 20.6 Å². The number of anilines is 1. The Bertz CT molecular complexity index is 821. The van der Waals surface area contributed by atoms with Gasteiger partial charge in [0.1, 0.15) is 0 Å². The summed E-state index contributed by atoms with van der Waals surface area (Å²) in [6, 6.07) is 12.3. The molecule has 0 atom stereocenters. The van der Waals surface area contributed by atoms with Gasteiger partial charge in [-0.25, -0.2) is 5.43 Å². The van der Waals surface area contributed by atoms with Crippen molar-refractivity contribution in [2.24, 2.45) is 5.10 Å². The van der Waals surface area contributed by atoms with Gasteiger partial charge in [0.05, 0.1) is 19.9 Å². The molecule has 2 rings (SSSR count). The second-order valence-corrected chi connectivity index (χ2v) is 7.20. The lowest BCUT2D eigenvalue weighted by Crippen LogP contribution is -2.17. The van der Waals surface area contributed by atoms with Crippen molar-refractivity contribution in [3.05, 3.63) is 53.6 Å². The fraction of sp³-hybridized carbons (Fsp3) is 0.417. The van der Waals surface area contributed by atoms with Crippen molar-refractivity contribution in [1.29, 1.82) is 0 Å². The molecule has 0 fully saturated rings. The predicted molar refractivity (Wildman–Crippen MR) is 122 cm³/mol. The number of nitrogens with one attached hydrogen (secondary N) is 1. The van der Waals surface area contributed by atoms with Crippen molar-refractivity contribution in [1.82, 2.24) is 5.43 Å². The van der Waals surface area contributed by atoms with Gasteiger partial charge in [-0.1, -0.05) is 51.5 Å². The van der Waals surface area contributed by atoms with Gasteiger partial charge in [0, 0.05) is 11.3 Å². The van der Waals surface area contributed by atoms with Crippen LogP contribution in [0.3, 0.4) is 0 Å². The molecule has 0 aromatic heterocycles. The van der Waals surface area contributed by atoms with Gasteiger partial charge in [0.25, 0.3) is 5.91 Å². The average Bonchev–Trinajstić information content (AvgIpc) is 2.76. The second kappa shape index (κ2) is 13.2. The Kier molecular flexibility index (Phi) is 10.3. The molecule has 0 bridgehead atoms. The summed E-state index contributed by atoms with van der Waals surface area (Å²) in [5.74, 6) is 1.04. The number of ether oxygens (including phenoxy) is 2. The molecular formula is C24H33N3O3.